The fourth-order valence-corrected chi connectivity index (χ4v) is 4.55. The van der Waals surface area contributed by atoms with Crippen molar-refractivity contribution < 1.29 is 29.3 Å². The molecule has 0 spiro atoms. The highest BCUT2D eigenvalue weighted by atomic mass is 32.1. The highest BCUT2D eigenvalue weighted by Crippen LogP contribution is 2.42. The van der Waals surface area contributed by atoms with E-state index in [2.05, 4.69) is 0 Å². The molecular weight excluding hydrogens is 442 g/mol. The summed E-state index contributed by atoms with van der Waals surface area (Å²) < 4.78 is 10.8. The van der Waals surface area contributed by atoms with Gasteiger partial charge in [0.15, 0.2) is 17.3 Å². The van der Waals surface area contributed by atoms with Gasteiger partial charge in [-0.2, -0.15) is 0 Å². The number of methoxy groups -OCH3 is 1. The summed E-state index contributed by atoms with van der Waals surface area (Å²) >= 11 is 1.24. The summed E-state index contributed by atoms with van der Waals surface area (Å²) in [6.07, 6.45) is 0. The predicted molar refractivity (Wildman–Crippen MR) is 124 cm³/mol. The second-order valence-electron chi connectivity index (χ2n) is 7.42. The van der Waals surface area contributed by atoms with E-state index in [1.807, 2.05) is 12.1 Å². The predicted octanol–water partition coefficient (Wildman–Crippen LogP) is 4.64. The summed E-state index contributed by atoms with van der Waals surface area (Å²) in [6.45, 7) is 2.25. The molecule has 0 saturated carbocycles. The van der Waals surface area contributed by atoms with Gasteiger partial charge in [0, 0.05) is 6.54 Å². The number of aromatic hydroxyl groups is 1. The quantitative estimate of drug-likeness (QED) is 0.471. The Bertz CT molecular complexity index is 1220. The van der Waals surface area contributed by atoms with Crippen molar-refractivity contribution in [3.8, 4) is 17.2 Å². The molecule has 3 aromatic rings. The van der Waals surface area contributed by atoms with Gasteiger partial charge in [-0.15, -0.1) is 11.3 Å². The lowest BCUT2D eigenvalue weighted by atomic mass is 9.95. The lowest BCUT2D eigenvalue weighted by Gasteiger charge is -2.27. The van der Waals surface area contributed by atoms with Crippen LogP contribution in [0.2, 0.25) is 0 Å². The molecule has 1 aromatic heterocycles. The van der Waals surface area contributed by atoms with E-state index in [9.17, 15) is 19.8 Å². The number of aliphatic hydroxyl groups excluding tert-OH is 1. The van der Waals surface area contributed by atoms with Gasteiger partial charge >= 0.3 is 0 Å². The van der Waals surface area contributed by atoms with Gasteiger partial charge in [-0.25, -0.2) is 0 Å². The largest absolute Gasteiger partial charge is 0.504 e. The summed E-state index contributed by atoms with van der Waals surface area (Å²) in [6, 6.07) is 14.4. The molecule has 8 heteroatoms. The number of carbonyl (C=O) groups is 2. The molecule has 1 atom stereocenters. The Morgan fingerprint density at radius 1 is 1.12 bits per heavy atom. The lowest BCUT2D eigenvalue weighted by molar-refractivity contribution is -0.130. The molecule has 1 unspecified atom stereocenters. The number of carbonyl (C=O) groups excluding carboxylic acids is 2. The van der Waals surface area contributed by atoms with Crippen molar-refractivity contribution in [3.63, 3.8) is 0 Å². The maximum atomic E-state index is 13.3. The number of aliphatic hydroxyl groups is 1. The maximum Gasteiger partial charge on any atom is 0.290 e. The van der Waals surface area contributed by atoms with Gasteiger partial charge in [0.05, 0.1) is 30.2 Å². The van der Waals surface area contributed by atoms with Crippen LogP contribution in [0.5, 0.6) is 17.2 Å². The molecular formula is C25H23NO6S. The van der Waals surface area contributed by atoms with Gasteiger partial charge in [0.2, 0.25) is 5.78 Å². The van der Waals surface area contributed by atoms with Crippen molar-refractivity contribution in [3.05, 3.63) is 87.3 Å². The number of thiophene rings is 1. The van der Waals surface area contributed by atoms with Crippen LogP contribution >= 0.6 is 11.3 Å². The fraction of sp³-hybridized carbons (Fsp3) is 0.200. The van der Waals surface area contributed by atoms with Crippen LogP contribution in [0.3, 0.4) is 0 Å². The normalized spacial score (nSPS) is 15.8. The minimum Gasteiger partial charge on any atom is -0.504 e. The molecule has 170 valence electrons. The Balaban J connectivity index is 1.81. The van der Waals surface area contributed by atoms with Crippen LogP contribution in [0, 0.1) is 0 Å². The van der Waals surface area contributed by atoms with Gasteiger partial charge < -0.3 is 24.6 Å². The Morgan fingerprint density at radius 3 is 2.64 bits per heavy atom. The number of nitrogens with zero attached hydrogens (tertiary/aromatic N) is 1. The second-order valence-corrected chi connectivity index (χ2v) is 8.36. The molecule has 33 heavy (non-hydrogen) atoms. The summed E-state index contributed by atoms with van der Waals surface area (Å²) in [4.78, 5) is 28.4. The van der Waals surface area contributed by atoms with E-state index in [0.717, 1.165) is 5.56 Å². The average molecular weight is 466 g/mol. The summed E-state index contributed by atoms with van der Waals surface area (Å²) in [5.41, 5.74) is 1.31. The van der Waals surface area contributed by atoms with E-state index in [1.165, 1.54) is 22.3 Å². The third-order valence-corrected chi connectivity index (χ3v) is 6.25. The van der Waals surface area contributed by atoms with Crippen molar-refractivity contribution in [2.75, 3.05) is 13.7 Å². The first-order valence-electron chi connectivity index (χ1n) is 10.4. The molecule has 1 amide bonds. The van der Waals surface area contributed by atoms with Crippen LogP contribution in [0.4, 0.5) is 0 Å². The Labute approximate surface area is 195 Å². The van der Waals surface area contributed by atoms with Crippen molar-refractivity contribution in [2.24, 2.45) is 0 Å². The van der Waals surface area contributed by atoms with Crippen molar-refractivity contribution in [2.45, 2.75) is 19.5 Å². The molecule has 0 radical (unpaired) electrons. The minimum atomic E-state index is -0.863. The molecule has 0 saturated heterocycles. The molecule has 2 aromatic carbocycles. The number of Topliss-reactive ketones (excluding diaryl/α,β-unsaturated/α-hetero) is 1. The van der Waals surface area contributed by atoms with Gasteiger partial charge in [-0.3, -0.25) is 9.59 Å². The zero-order valence-corrected chi connectivity index (χ0v) is 19.0. The molecule has 1 aliphatic rings. The average Bonchev–Trinajstić information content (AvgIpc) is 3.44. The molecule has 4 rings (SSSR count). The first-order chi connectivity index (χ1) is 15.9. The number of hydrogen-bond acceptors (Lipinski definition) is 7. The van der Waals surface area contributed by atoms with E-state index in [4.69, 9.17) is 9.47 Å². The van der Waals surface area contributed by atoms with E-state index < -0.39 is 23.5 Å². The Kier molecular flexibility index (Phi) is 6.37. The van der Waals surface area contributed by atoms with Crippen molar-refractivity contribution in [1.29, 1.82) is 0 Å². The number of rotatable bonds is 8. The highest BCUT2D eigenvalue weighted by Gasteiger charge is 2.44. The van der Waals surface area contributed by atoms with Crippen LogP contribution < -0.4 is 9.47 Å². The van der Waals surface area contributed by atoms with Crippen molar-refractivity contribution >= 4 is 23.0 Å². The standard InChI is InChI=1S/C25H23NO6S/c1-3-32-19-13-16(9-10-18(19)27)22-21(23(28)20-8-5-11-33-20)24(29)25(30)26(22)14-15-6-4-7-17(12-15)31-2/h4-13,22,27,29H,3,14H2,1-2H3. The van der Waals surface area contributed by atoms with Crippen molar-refractivity contribution in [1.82, 2.24) is 4.90 Å². The SMILES string of the molecule is CCOc1cc(C2C(C(=O)c3cccs3)=C(O)C(=O)N2Cc2cccc(OC)c2)ccc1O. The van der Waals surface area contributed by atoms with Gasteiger partial charge in [-0.1, -0.05) is 24.3 Å². The second kappa shape index (κ2) is 9.38. The van der Waals surface area contributed by atoms with E-state index in [0.29, 0.717) is 22.8 Å². The third kappa shape index (κ3) is 4.29. The smallest absolute Gasteiger partial charge is 0.290 e. The van der Waals surface area contributed by atoms with Crippen LogP contribution in [-0.2, 0) is 11.3 Å². The van der Waals surface area contributed by atoms with Crippen LogP contribution in [0.25, 0.3) is 0 Å². The summed E-state index contributed by atoms with van der Waals surface area (Å²) in [5, 5.41) is 22.7. The zero-order chi connectivity index (χ0) is 23.5. The Hall–Kier alpha value is -3.78. The summed E-state index contributed by atoms with van der Waals surface area (Å²) in [7, 11) is 1.56. The Morgan fingerprint density at radius 2 is 1.94 bits per heavy atom. The first kappa shape index (κ1) is 22.4. The lowest BCUT2D eigenvalue weighted by Crippen LogP contribution is -2.30. The number of ether oxygens (including phenoxy) is 2. The molecule has 1 aliphatic heterocycles. The molecule has 0 bridgehead atoms. The fourth-order valence-electron chi connectivity index (χ4n) is 3.88. The minimum absolute atomic E-state index is 0.00140. The van der Waals surface area contributed by atoms with Gasteiger partial charge in [0.25, 0.3) is 5.91 Å². The highest BCUT2D eigenvalue weighted by molar-refractivity contribution is 7.12. The number of phenols is 1. The first-order valence-corrected chi connectivity index (χ1v) is 11.2. The van der Waals surface area contributed by atoms with E-state index in [-0.39, 0.29) is 23.6 Å². The number of hydrogen-bond donors (Lipinski definition) is 2. The molecule has 0 aliphatic carbocycles. The molecule has 0 fully saturated rings. The zero-order valence-electron chi connectivity index (χ0n) is 18.1. The van der Waals surface area contributed by atoms with Gasteiger partial charge in [-0.05, 0) is 53.8 Å². The van der Waals surface area contributed by atoms with Crippen LogP contribution in [0.15, 0.2) is 71.3 Å². The van der Waals surface area contributed by atoms with Crippen LogP contribution in [0.1, 0.15) is 33.8 Å². The van der Waals surface area contributed by atoms with E-state index >= 15 is 0 Å². The number of benzene rings is 2. The molecule has 7 nitrogen and oxygen atoms in total. The van der Waals surface area contributed by atoms with Gasteiger partial charge in [0.1, 0.15) is 5.75 Å². The van der Waals surface area contributed by atoms with Crippen LogP contribution in [-0.4, -0.2) is 40.5 Å². The van der Waals surface area contributed by atoms with E-state index in [1.54, 1.807) is 55.8 Å². The molecule has 2 N–H and O–H groups in total. The number of amides is 1. The third-order valence-electron chi connectivity index (χ3n) is 5.38. The summed E-state index contributed by atoms with van der Waals surface area (Å²) in [5.74, 6) is -0.825. The topological polar surface area (TPSA) is 96.3 Å². The maximum absolute atomic E-state index is 13.3. The number of phenolic OH excluding ortho intramolecular Hbond substituents is 1. The number of ketones is 1. The monoisotopic (exact) mass is 465 g/mol. The molecule has 2 heterocycles.